The van der Waals surface area contributed by atoms with Gasteiger partial charge in [0.15, 0.2) is 0 Å². The Balaban J connectivity index is 2.07. The van der Waals surface area contributed by atoms with Gasteiger partial charge in [-0.25, -0.2) is 0 Å². The number of aromatic nitrogens is 2. The van der Waals surface area contributed by atoms with Gasteiger partial charge in [-0.2, -0.15) is 0 Å². The van der Waals surface area contributed by atoms with Gasteiger partial charge in [0.05, 0.1) is 6.54 Å². The molecule has 0 aliphatic rings. The van der Waals surface area contributed by atoms with E-state index in [1.165, 1.54) is 0 Å². The number of hydrogen-bond acceptors (Lipinski definition) is 4. The van der Waals surface area contributed by atoms with Crippen LogP contribution in [0, 0.1) is 3.57 Å². The van der Waals surface area contributed by atoms with E-state index >= 15 is 0 Å². The number of rotatable bonds is 5. The van der Waals surface area contributed by atoms with Crippen molar-refractivity contribution in [1.82, 2.24) is 15.5 Å². The quantitative estimate of drug-likeness (QED) is 0.670. The summed E-state index contributed by atoms with van der Waals surface area (Å²) in [5, 5.41) is 11.3. The van der Waals surface area contributed by atoms with E-state index in [0.29, 0.717) is 18.3 Å². The number of hydrogen-bond donors (Lipinski definition) is 1. The molecule has 5 heteroatoms. The second kappa shape index (κ2) is 6.11. The number of benzene rings is 1. The Bertz CT molecular complexity index is 484. The van der Waals surface area contributed by atoms with Crippen LogP contribution in [-0.4, -0.2) is 16.7 Å². The molecular weight excluding hydrogens is 329 g/mol. The molecule has 0 aliphatic carbocycles. The molecule has 0 saturated carbocycles. The van der Waals surface area contributed by atoms with Gasteiger partial charge >= 0.3 is 0 Å². The second-order valence-electron chi connectivity index (χ2n) is 3.69. The third-order valence-electron chi connectivity index (χ3n) is 2.24. The van der Waals surface area contributed by atoms with Gasteiger partial charge in [-0.15, -0.1) is 10.2 Å². The van der Waals surface area contributed by atoms with E-state index in [0.717, 1.165) is 22.1 Å². The Labute approximate surface area is 114 Å². The molecule has 4 nitrogen and oxygen atoms in total. The first-order valence-electron chi connectivity index (χ1n) is 5.58. The smallest absolute Gasteiger partial charge is 0.247 e. The van der Waals surface area contributed by atoms with Crippen LogP contribution >= 0.6 is 22.6 Å². The van der Waals surface area contributed by atoms with Crippen molar-refractivity contribution in [3.63, 3.8) is 0 Å². The maximum absolute atomic E-state index is 5.58. The molecule has 1 N–H and O–H groups in total. The standard InChI is InChI=1S/C12H14IN3O/c1-2-6-14-8-11-15-16-12(17-11)9-4-3-5-10(13)7-9/h3-5,7,14H,2,6,8H2,1H3. The Hall–Kier alpha value is -0.950. The number of nitrogens with zero attached hydrogens (tertiary/aromatic N) is 2. The molecule has 0 saturated heterocycles. The largest absolute Gasteiger partial charge is 0.419 e. The summed E-state index contributed by atoms with van der Waals surface area (Å²) in [6.07, 6.45) is 1.10. The molecule has 90 valence electrons. The summed E-state index contributed by atoms with van der Waals surface area (Å²) in [6.45, 7) is 3.71. The Morgan fingerprint density at radius 3 is 3.00 bits per heavy atom. The lowest BCUT2D eigenvalue weighted by Gasteiger charge is -1.97. The summed E-state index contributed by atoms with van der Waals surface area (Å²) < 4.78 is 6.74. The zero-order valence-corrected chi connectivity index (χ0v) is 11.8. The minimum absolute atomic E-state index is 0.580. The summed E-state index contributed by atoms with van der Waals surface area (Å²) in [5.74, 6) is 1.21. The zero-order chi connectivity index (χ0) is 12.1. The van der Waals surface area contributed by atoms with Crippen LogP contribution < -0.4 is 5.32 Å². The molecule has 0 bridgehead atoms. The van der Waals surface area contributed by atoms with Crippen molar-refractivity contribution in [2.45, 2.75) is 19.9 Å². The van der Waals surface area contributed by atoms with Gasteiger partial charge in [0, 0.05) is 9.13 Å². The van der Waals surface area contributed by atoms with Gasteiger partial charge < -0.3 is 9.73 Å². The first-order valence-corrected chi connectivity index (χ1v) is 6.66. The normalized spacial score (nSPS) is 10.7. The van der Waals surface area contributed by atoms with Gasteiger partial charge in [0.2, 0.25) is 11.8 Å². The molecule has 0 fully saturated rings. The maximum atomic E-state index is 5.58. The van der Waals surface area contributed by atoms with Crippen LogP contribution in [0.1, 0.15) is 19.2 Å². The summed E-state index contributed by atoms with van der Waals surface area (Å²) in [6, 6.07) is 8.01. The van der Waals surface area contributed by atoms with E-state index in [2.05, 4.69) is 45.0 Å². The average molecular weight is 343 g/mol. The summed E-state index contributed by atoms with van der Waals surface area (Å²) in [4.78, 5) is 0. The van der Waals surface area contributed by atoms with Crippen molar-refractivity contribution < 1.29 is 4.42 Å². The highest BCUT2D eigenvalue weighted by Gasteiger charge is 2.07. The van der Waals surface area contributed by atoms with E-state index in [4.69, 9.17) is 4.42 Å². The van der Waals surface area contributed by atoms with E-state index < -0.39 is 0 Å². The van der Waals surface area contributed by atoms with E-state index in [9.17, 15) is 0 Å². The highest BCUT2D eigenvalue weighted by atomic mass is 127. The Morgan fingerprint density at radius 1 is 1.35 bits per heavy atom. The van der Waals surface area contributed by atoms with Crippen molar-refractivity contribution in [2.75, 3.05) is 6.54 Å². The van der Waals surface area contributed by atoms with Gasteiger partial charge in [-0.1, -0.05) is 13.0 Å². The van der Waals surface area contributed by atoms with Gasteiger partial charge in [-0.3, -0.25) is 0 Å². The maximum Gasteiger partial charge on any atom is 0.247 e. The molecule has 0 unspecified atom stereocenters. The van der Waals surface area contributed by atoms with Crippen molar-refractivity contribution >= 4 is 22.6 Å². The molecule has 2 aromatic rings. The summed E-state index contributed by atoms with van der Waals surface area (Å²) in [7, 11) is 0. The molecule has 1 aromatic carbocycles. The summed E-state index contributed by atoms with van der Waals surface area (Å²) in [5.41, 5.74) is 0.964. The van der Waals surface area contributed by atoms with Crippen LogP contribution in [0.4, 0.5) is 0 Å². The van der Waals surface area contributed by atoms with E-state index in [1.807, 2.05) is 24.3 Å². The van der Waals surface area contributed by atoms with Gasteiger partial charge in [0.25, 0.3) is 0 Å². The third-order valence-corrected chi connectivity index (χ3v) is 2.91. The highest BCUT2D eigenvalue weighted by molar-refractivity contribution is 14.1. The van der Waals surface area contributed by atoms with Crippen molar-refractivity contribution in [3.8, 4) is 11.5 Å². The molecule has 1 heterocycles. The molecule has 0 amide bonds. The molecular formula is C12H14IN3O. The van der Waals surface area contributed by atoms with Crippen molar-refractivity contribution in [3.05, 3.63) is 33.7 Å². The van der Waals surface area contributed by atoms with Crippen LogP contribution in [0.15, 0.2) is 28.7 Å². The minimum Gasteiger partial charge on any atom is -0.419 e. The average Bonchev–Trinajstić information content (AvgIpc) is 2.78. The first kappa shape index (κ1) is 12.5. The van der Waals surface area contributed by atoms with Crippen molar-refractivity contribution in [1.29, 1.82) is 0 Å². The molecule has 0 aliphatic heterocycles. The lowest BCUT2D eigenvalue weighted by atomic mass is 10.2. The van der Waals surface area contributed by atoms with Gasteiger partial charge in [-0.05, 0) is 53.8 Å². The van der Waals surface area contributed by atoms with Crippen LogP contribution in [0.2, 0.25) is 0 Å². The molecule has 0 atom stereocenters. The molecule has 0 radical (unpaired) electrons. The second-order valence-corrected chi connectivity index (χ2v) is 4.93. The molecule has 17 heavy (non-hydrogen) atoms. The fourth-order valence-corrected chi connectivity index (χ4v) is 1.98. The number of nitrogens with one attached hydrogen (secondary N) is 1. The molecule has 1 aromatic heterocycles. The highest BCUT2D eigenvalue weighted by Crippen LogP contribution is 2.19. The van der Waals surface area contributed by atoms with E-state index in [-0.39, 0.29) is 0 Å². The Morgan fingerprint density at radius 2 is 2.24 bits per heavy atom. The SMILES string of the molecule is CCCNCc1nnc(-c2cccc(I)c2)o1. The van der Waals surface area contributed by atoms with Crippen LogP contribution in [0.3, 0.4) is 0 Å². The van der Waals surface area contributed by atoms with Crippen LogP contribution in [0.5, 0.6) is 0 Å². The van der Waals surface area contributed by atoms with Crippen LogP contribution in [0.25, 0.3) is 11.5 Å². The number of halogens is 1. The molecule has 0 spiro atoms. The predicted molar refractivity (Wildman–Crippen MR) is 74.4 cm³/mol. The monoisotopic (exact) mass is 343 g/mol. The van der Waals surface area contributed by atoms with Gasteiger partial charge in [0.1, 0.15) is 0 Å². The topological polar surface area (TPSA) is 51.0 Å². The summed E-state index contributed by atoms with van der Waals surface area (Å²) >= 11 is 2.26. The van der Waals surface area contributed by atoms with E-state index in [1.54, 1.807) is 0 Å². The van der Waals surface area contributed by atoms with Crippen LogP contribution in [-0.2, 0) is 6.54 Å². The fraction of sp³-hybridized carbons (Fsp3) is 0.333. The predicted octanol–water partition coefficient (Wildman–Crippen LogP) is 2.84. The molecule has 2 rings (SSSR count). The fourth-order valence-electron chi connectivity index (χ4n) is 1.44. The zero-order valence-electron chi connectivity index (χ0n) is 9.61. The first-order chi connectivity index (χ1) is 8.29. The lowest BCUT2D eigenvalue weighted by Crippen LogP contribution is -2.13. The third kappa shape index (κ3) is 3.50. The Kier molecular flexibility index (Phi) is 4.49. The minimum atomic E-state index is 0.580. The lowest BCUT2D eigenvalue weighted by molar-refractivity contribution is 0.477. The van der Waals surface area contributed by atoms with Crippen molar-refractivity contribution in [2.24, 2.45) is 0 Å².